The fourth-order valence-electron chi connectivity index (χ4n) is 2.64. The van der Waals surface area contributed by atoms with E-state index >= 15 is 0 Å². The summed E-state index contributed by atoms with van der Waals surface area (Å²) in [4.78, 5) is 16.4. The lowest BCUT2D eigenvalue weighted by Crippen LogP contribution is -2.04. The topological polar surface area (TPSA) is 63.8 Å². The number of aryl methyl sites for hydroxylation is 1. The maximum Gasteiger partial charge on any atom is 0.340 e. The summed E-state index contributed by atoms with van der Waals surface area (Å²) in [6.07, 6.45) is 1.58. The van der Waals surface area contributed by atoms with Crippen LogP contribution in [0.1, 0.15) is 22.8 Å². The lowest BCUT2D eigenvalue weighted by atomic mass is 10.1. The number of aromatic hydroxyl groups is 1. The molecule has 0 saturated carbocycles. The molecule has 0 amide bonds. The van der Waals surface area contributed by atoms with Crippen molar-refractivity contribution in [1.29, 1.82) is 0 Å². The molecule has 122 valence electrons. The smallest absolute Gasteiger partial charge is 0.340 e. The highest BCUT2D eigenvalue weighted by atomic mass is 16.5. The van der Waals surface area contributed by atoms with Crippen molar-refractivity contribution < 1.29 is 14.6 Å². The maximum absolute atomic E-state index is 12.0. The molecule has 1 N–H and O–H groups in total. The van der Waals surface area contributed by atoms with Gasteiger partial charge in [0.15, 0.2) is 0 Å². The van der Waals surface area contributed by atoms with Crippen molar-refractivity contribution in [2.45, 2.75) is 6.92 Å². The van der Waals surface area contributed by atoms with Gasteiger partial charge < -0.3 is 14.4 Å². The molecule has 0 fully saturated rings. The first-order valence-electron chi connectivity index (χ1n) is 7.70. The van der Waals surface area contributed by atoms with E-state index in [0.29, 0.717) is 23.4 Å². The number of hydrogen-bond acceptors (Lipinski definition) is 4. The van der Waals surface area contributed by atoms with E-state index in [1.54, 1.807) is 49.0 Å². The van der Waals surface area contributed by atoms with Gasteiger partial charge in [0.1, 0.15) is 0 Å². The SMILES string of the molecule is CCOC(=O)c1ccccc1N=Cc1c(O)n(C)c2ccccc12. The molecule has 24 heavy (non-hydrogen) atoms. The van der Waals surface area contributed by atoms with Gasteiger partial charge >= 0.3 is 5.97 Å². The average Bonchev–Trinajstić information content (AvgIpc) is 2.85. The van der Waals surface area contributed by atoms with Gasteiger partial charge in [0.2, 0.25) is 5.88 Å². The summed E-state index contributed by atoms with van der Waals surface area (Å²) in [6.45, 7) is 2.07. The zero-order chi connectivity index (χ0) is 17.1. The molecule has 0 radical (unpaired) electrons. The number of esters is 1. The largest absolute Gasteiger partial charge is 0.494 e. The number of ether oxygens (including phenoxy) is 1. The Bertz CT molecular complexity index is 926. The van der Waals surface area contributed by atoms with Crippen LogP contribution in [0.3, 0.4) is 0 Å². The molecular formula is C19H18N2O3. The molecule has 5 heteroatoms. The van der Waals surface area contributed by atoms with Crippen LogP contribution in [-0.2, 0) is 11.8 Å². The summed E-state index contributed by atoms with van der Waals surface area (Å²) < 4.78 is 6.75. The van der Waals surface area contributed by atoms with Gasteiger partial charge in [0.25, 0.3) is 0 Å². The Morgan fingerprint density at radius 1 is 1.21 bits per heavy atom. The number of aliphatic imine (C=N–C) groups is 1. The van der Waals surface area contributed by atoms with Gasteiger partial charge in [-0.15, -0.1) is 0 Å². The molecular weight excluding hydrogens is 304 g/mol. The quantitative estimate of drug-likeness (QED) is 0.587. The van der Waals surface area contributed by atoms with Crippen LogP contribution in [0, 0.1) is 0 Å². The molecule has 1 heterocycles. The molecule has 0 unspecified atom stereocenters. The minimum absolute atomic E-state index is 0.133. The molecule has 1 aromatic heterocycles. The zero-order valence-corrected chi connectivity index (χ0v) is 13.6. The average molecular weight is 322 g/mol. The normalized spacial score (nSPS) is 11.2. The number of benzene rings is 2. The Hall–Kier alpha value is -3.08. The third kappa shape index (κ3) is 2.76. The van der Waals surface area contributed by atoms with Crippen molar-refractivity contribution >= 4 is 28.8 Å². The van der Waals surface area contributed by atoms with E-state index in [4.69, 9.17) is 4.74 Å². The second-order valence-corrected chi connectivity index (χ2v) is 5.31. The fourth-order valence-corrected chi connectivity index (χ4v) is 2.64. The third-order valence-corrected chi connectivity index (χ3v) is 3.85. The lowest BCUT2D eigenvalue weighted by molar-refractivity contribution is 0.0527. The van der Waals surface area contributed by atoms with E-state index < -0.39 is 5.97 Å². The first kappa shape index (κ1) is 15.8. The maximum atomic E-state index is 12.0. The van der Waals surface area contributed by atoms with Crippen LogP contribution in [0.25, 0.3) is 10.9 Å². The zero-order valence-electron chi connectivity index (χ0n) is 13.6. The van der Waals surface area contributed by atoms with Crippen LogP contribution in [0.2, 0.25) is 0 Å². The van der Waals surface area contributed by atoms with Crippen molar-refractivity contribution in [2.75, 3.05) is 6.61 Å². The van der Waals surface area contributed by atoms with Gasteiger partial charge in [0, 0.05) is 18.6 Å². The van der Waals surface area contributed by atoms with Crippen LogP contribution in [0.4, 0.5) is 5.69 Å². The van der Waals surface area contributed by atoms with Crippen LogP contribution in [0.15, 0.2) is 53.5 Å². The molecule has 0 saturated heterocycles. The van der Waals surface area contributed by atoms with E-state index in [0.717, 1.165) is 10.9 Å². The Kier molecular flexibility index (Phi) is 4.33. The minimum atomic E-state index is -0.410. The summed E-state index contributed by atoms with van der Waals surface area (Å²) in [5.41, 5.74) is 2.43. The minimum Gasteiger partial charge on any atom is -0.494 e. The van der Waals surface area contributed by atoms with Crippen LogP contribution >= 0.6 is 0 Å². The molecule has 0 spiro atoms. The van der Waals surface area contributed by atoms with Crippen molar-refractivity contribution in [3.63, 3.8) is 0 Å². The van der Waals surface area contributed by atoms with Crippen molar-refractivity contribution in [3.05, 3.63) is 59.7 Å². The molecule has 3 rings (SSSR count). The standard InChI is InChI=1S/C19H18N2O3/c1-3-24-19(23)14-9-4-6-10-16(14)20-12-15-13-8-5-7-11-17(13)21(2)18(15)22/h4-12,22H,3H2,1-2H3. The highest BCUT2D eigenvalue weighted by molar-refractivity contribution is 6.04. The molecule has 0 bridgehead atoms. The van der Waals surface area contributed by atoms with Crippen molar-refractivity contribution in [1.82, 2.24) is 4.57 Å². The van der Waals surface area contributed by atoms with Crippen molar-refractivity contribution in [3.8, 4) is 5.88 Å². The first-order chi connectivity index (χ1) is 11.6. The molecule has 0 aliphatic rings. The van der Waals surface area contributed by atoms with Crippen LogP contribution in [-0.4, -0.2) is 28.5 Å². The second-order valence-electron chi connectivity index (χ2n) is 5.31. The highest BCUT2D eigenvalue weighted by Crippen LogP contribution is 2.29. The van der Waals surface area contributed by atoms with Gasteiger partial charge in [-0.25, -0.2) is 4.79 Å². The fraction of sp³-hybridized carbons (Fsp3) is 0.158. The molecule has 3 aromatic rings. The van der Waals surface area contributed by atoms with E-state index in [2.05, 4.69) is 4.99 Å². The summed E-state index contributed by atoms with van der Waals surface area (Å²) in [6, 6.07) is 14.7. The van der Waals surface area contributed by atoms with Gasteiger partial charge in [-0.1, -0.05) is 30.3 Å². The van der Waals surface area contributed by atoms with Gasteiger partial charge in [-0.3, -0.25) is 4.99 Å². The van der Waals surface area contributed by atoms with Gasteiger partial charge in [-0.2, -0.15) is 0 Å². The summed E-state index contributed by atoms with van der Waals surface area (Å²) >= 11 is 0. The van der Waals surface area contributed by atoms with E-state index in [-0.39, 0.29) is 5.88 Å². The lowest BCUT2D eigenvalue weighted by Gasteiger charge is -2.04. The number of fused-ring (bicyclic) bond motifs is 1. The van der Waals surface area contributed by atoms with Crippen molar-refractivity contribution in [2.24, 2.45) is 12.0 Å². The molecule has 0 aliphatic carbocycles. The number of para-hydroxylation sites is 2. The summed E-state index contributed by atoms with van der Waals surface area (Å²) in [5.74, 6) is -0.277. The van der Waals surface area contributed by atoms with E-state index in [9.17, 15) is 9.90 Å². The second kappa shape index (κ2) is 6.58. The molecule has 2 aromatic carbocycles. The van der Waals surface area contributed by atoms with Gasteiger partial charge in [0.05, 0.1) is 28.9 Å². The number of hydrogen-bond donors (Lipinski definition) is 1. The number of nitrogens with zero attached hydrogens (tertiary/aromatic N) is 2. The highest BCUT2D eigenvalue weighted by Gasteiger charge is 2.14. The predicted molar refractivity (Wildman–Crippen MR) is 94.2 cm³/mol. The Balaban J connectivity index is 2.04. The van der Waals surface area contributed by atoms with Crippen LogP contribution in [0.5, 0.6) is 5.88 Å². The van der Waals surface area contributed by atoms with Gasteiger partial charge in [-0.05, 0) is 25.1 Å². The molecule has 0 aliphatic heterocycles. The summed E-state index contributed by atoms with van der Waals surface area (Å²) in [7, 11) is 1.79. The summed E-state index contributed by atoms with van der Waals surface area (Å²) in [5, 5.41) is 11.2. The third-order valence-electron chi connectivity index (χ3n) is 3.85. The Labute approximate surface area is 139 Å². The number of rotatable bonds is 4. The predicted octanol–water partition coefficient (Wildman–Crippen LogP) is 3.81. The number of carbonyl (C=O) groups is 1. The number of aromatic nitrogens is 1. The monoisotopic (exact) mass is 322 g/mol. The van der Waals surface area contributed by atoms with E-state index in [1.165, 1.54) is 0 Å². The first-order valence-corrected chi connectivity index (χ1v) is 7.70. The number of carbonyl (C=O) groups excluding carboxylic acids is 1. The van der Waals surface area contributed by atoms with E-state index in [1.807, 2.05) is 24.3 Å². The van der Waals surface area contributed by atoms with Crippen LogP contribution < -0.4 is 0 Å². The molecule has 5 nitrogen and oxygen atoms in total. The molecule has 0 atom stereocenters. The Morgan fingerprint density at radius 2 is 1.92 bits per heavy atom. The Morgan fingerprint density at radius 3 is 2.71 bits per heavy atom.